The number of guanidine groups is 1. The molecule has 0 saturated carbocycles. The van der Waals surface area contributed by atoms with E-state index in [2.05, 4.69) is 10.3 Å². The van der Waals surface area contributed by atoms with Gasteiger partial charge in [0.2, 0.25) is 0 Å². The molecule has 112 valence electrons. The molecule has 0 heterocycles. The average Bonchev–Trinajstić information content (AvgIpc) is 2.34. The van der Waals surface area contributed by atoms with Crippen LogP contribution in [-0.2, 0) is 12.7 Å². The summed E-state index contributed by atoms with van der Waals surface area (Å²) in [4.78, 5) is 5.76. The lowest BCUT2D eigenvalue weighted by Gasteiger charge is -2.17. The molecule has 0 aliphatic heterocycles. The first-order valence-electron chi connectivity index (χ1n) is 6.07. The smallest absolute Gasteiger partial charge is 0.357 e. The molecular formula is C13H17F4N3. The molecule has 1 N–H and O–H groups in total. The van der Waals surface area contributed by atoms with E-state index in [0.29, 0.717) is 18.6 Å². The highest BCUT2D eigenvalue weighted by atomic mass is 19.4. The SMILES string of the molecule is CCNC(=NCc1ccc(F)cc1C(F)(F)F)N(C)C. The van der Waals surface area contributed by atoms with Crippen molar-refractivity contribution in [3.63, 3.8) is 0 Å². The predicted octanol–water partition coefficient (Wildman–Crippen LogP) is 2.87. The van der Waals surface area contributed by atoms with Crippen molar-refractivity contribution in [1.82, 2.24) is 10.2 Å². The van der Waals surface area contributed by atoms with Crippen molar-refractivity contribution in [2.24, 2.45) is 4.99 Å². The van der Waals surface area contributed by atoms with E-state index in [9.17, 15) is 17.6 Å². The molecule has 0 unspecified atom stereocenters. The van der Waals surface area contributed by atoms with E-state index in [1.807, 2.05) is 6.92 Å². The summed E-state index contributed by atoms with van der Waals surface area (Å²) in [5.74, 6) is -0.436. The van der Waals surface area contributed by atoms with E-state index in [1.54, 1.807) is 19.0 Å². The minimum absolute atomic E-state index is 0.0591. The number of rotatable bonds is 3. The first-order valence-corrected chi connectivity index (χ1v) is 6.07. The summed E-state index contributed by atoms with van der Waals surface area (Å²) < 4.78 is 51.4. The number of alkyl halides is 3. The van der Waals surface area contributed by atoms with E-state index in [-0.39, 0.29) is 12.1 Å². The molecule has 0 aromatic heterocycles. The number of halogens is 4. The minimum atomic E-state index is -4.59. The van der Waals surface area contributed by atoms with Gasteiger partial charge in [0.05, 0.1) is 12.1 Å². The summed E-state index contributed by atoms with van der Waals surface area (Å²) in [6.07, 6.45) is -4.59. The molecule has 0 fully saturated rings. The van der Waals surface area contributed by atoms with Crippen LogP contribution in [0.2, 0.25) is 0 Å². The Labute approximate surface area is 115 Å². The maximum atomic E-state index is 13.0. The maximum Gasteiger partial charge on any atom is 0.416 e. The lowest BCUT2D eigenvalue weighted by molar-refractivity contribution is -0.138. The predicted molar refractivity (Wildman–Crippen MR) is 69.9 cm³/mol. The number of hydrogen-bond acceptors (Lipinski definition) is 1. The van der Waals surface area contributed by atoms with Gasteiger partial charge < -0.3 is 10.2 Å². The van der Waals surface area contributed by atoms with Gasteiger partial charge in [-0.05, 0) is 24.6 Å². The highest BCUT2D eigenvalue weighted by Gasteiger charge is 2.33. The third-order valence-electron chi connectivity index (χ3n) is 2.53. The minimum Gasteiger partial charge on any atom is -0.357 e. The van der Waals surface area contributed by atoms with Gasteiger partial charge in [0.1, 0.15) is 5.82 Å². The number of hydrogen-bond donors (Lipinski definition) is 1. The Hall–Kier alpha value is -1.79. The van der Waals surface area contributed by atoms with Crippen molar-refractivity contribution in [3.05, 3.63) is 35.1 Å². The fourth-order valence-corrected chi connectivity index (χ4v) is 1.62. The van der Waals surface area contributed by atoms with Crippen LogP contribution in [-0.4, -0.2) is 31.5 Å². The molecule has 0 aliphatic rings. The van der Waals surface area contributed by atoms with Gasteiger partial charge in [-0.1, -0.05) is 6.07 Å². The van der Waals surface area contributed by atoms with Gasteiger partial charge in [-0.15, -0.1) is 0 Å². The van der Waals surface area contributed by atoms with Crippen LogP contribution in [0.1, 0.15) is 18.1 Å². The second-order valence-corrected chi connectivity index (χ2v) is 4.36. The summed E-state index contributed by atoms with van der Waals surface area (Å²) in [6.45, 7) is 2.29. The Balaban J connectivity index is 3.06. The van der Waals surface area contributed by atoms with Gasteiger partial charge in [-0.3, -0.25) is 0 Å². The normalized spacial score (nSPS) is 12.4. The maximum absolute atomic E-state index is 13.0. The van der Waals surface area contributed by atoms with E-state index in [1.165, 1.54) is 0 Å². The van der Waals surface area contributed by atoms with Gasteiger partial charge >= 0.3 is 6.18 Å². The lowest BCUT2D eigenvalue weighted by atomic mass is 10.1. The van der Waals surface area contributed by atoms with E-state index in [4.69, 9.17) is 0 Å². The number of benzene rings is 1. The Morgan fingerprint density at radius 2 is 1.95 bits per heavy atom. The summed E-state index contributed by atoms with van der Waals surface area (Å²) in [6, 6.07) is 2.61. The van der Waals surface area contributed by atoms with Crippen LogP contribution in [0, 0.1) is 5.82 Å². The van der Waals surface area contributed by atoms with E-state index >= 15 is 0 Å². The second-order valence-electron chi connectivity index (χ2n) is 4.36. The van der Waals surface area contributed by atoms with Crippen molar-refractivity contribution in [2.45, 2.75) is 19.6 Å². The second kappa shape index (κ2) is 6.58. The van der Waals surface area contributed by atoms with Crippen LogP contribution in [0.3, 0.4) is 0 Å². The van der Waals surface area contributed by atoms with Gasteiger partial charge in [0, 0.05) is 20.6 Å². The van der Waals surface area contributed by atoms with Crippen LogP contribution >= 0.6 is 0 Å². The van der Waals surface area contributed by atoms with Crippen LogP contribution in [0.15, 0.2) is 23.2 Å². The fourth-order valence-electron chi connectivity index (χ4n) is 1.62. The average molecular weight is 291 g/mol. The van der Waals surface area contributed by atoms with Crippen LogP contribution in [0.5, 0.6) is 0 Å². The zero-order chi connectivity index (χ0) is 15.3. The van der Waals surface area contributed by atoms with Crippen LogP contribution < -0.4 is 5.32 Å². The standard InChI is InChI=1S/C13H17F4N3/c1-4-18-12(20(2)3)19-8-9-5-6-10(14)7-11(9)13(15,16)17/h5-7H,4,8H2,1-3H3,(H,18,19). The molecule has 0 spiro atoms. The lowest BCUT2D eigenvalue weighted by Crippen LogP contribution is -2.36. The highest BCUT2D eigenvalue weighted by Crippen LogP contribution is 2.32. The Morgan fingerprint density at radius 3 is 2.45 bits per heavy atom. The zero-order valence-corrected chi connectivity index (χ0v) is 11.6. The van der Waals surface area contributed by atoms with E-state index < -0.39 is 17.6 Å². The third kappa shape index (κ3) is 4.40. The van der Waals surface area contributed by atoms with Crippen molar-refractivity contribution in [3.8, 4) is 0 Å². The largest absolute Gasteiger partial charge is 0.416 e. The third-order valence-corrected chi connectivity index (χ3v) is 2.53. The van der Waals surface area contributed by atoms with Gasteiger partial charge in [-0.25, -0.2) is 9.38 Å². The molecular weight excluding hydrogens is 274 g/mol. The molecule has 0 amide bonds. The fraction of sp³-hybridized carbons (Fsp3) is 0.462. The Bertz CT molecular complexity index is 481. The molecule has 0 aliphatic carbocycles. The van der Waals surface area contributed by atoms with Crippen LogP contribution in [0.25, 0.3) is 0 Å². The number of nitrogens with one attached hydrogen (secondary N) is 1. The monoisotopic (exact) mass is 291 g/mol. The first kappa shape index (κ1) is 16.3. The summed E-state index contributed by atoms with van der Waals surface area (Å²) >= 11 is 0. The quantitative estimate of drug-likeness (QED) is 0.527. The molecule has 1 aromatic carbocycles. The Kier molecular flexibility index (Phi) is 5.35. The highest BCUT2D eigenvalue weighted by molar-refractivity contribution is 5.79. The van der Waals surface area contributed by atoms with Crippen molar-refractivity contribution in [1.29, 1.82) is 0 Å². The molecule has 1 rings (SSSR count). The first-order chi connectivity index (χ1) is 9.25. The molecule has 0 saturated heterocycles. The van der Waals surface area contributed by atoms with Gasteiger partial charge in [-0.2, -0.15) is 13.2 Å². The molecule has 20 heavy (non-hydrogen) atoms. The molecule has 7 heteroatoms. The molecule has 0 atom stereocenters. The summed E-state index contributed by atoms with van der Waals surface area (Å²) in [5.41, 5.74) is -1.05. The van der Waals surface area contributed by atoms with E-state index in [0.717, 1.165) is 12.1 Å². The molecule has 3 nitrogen and oxygen atoms in total. The molecule has 0 bridgehead atoms. The topological polar surface area (TPSA) is 27.6 Å². The molecule has 1 aromatic rings. The van der Waals surface area contributed by atoms with Crippen LogP contribution in [0.4, 0.5) is 17.6 Å². The Morgan fingerprint density at radius 1 is 1.30 bits per heavy atom. The van der Waals surface area contributed by atoms with Crippen molar-refractivity contribution < 1.29 is 17.6 Å². The van der Waals surface area contributed by atoms with Crippen molar-refractivity contribution in [2.75, 3.05) is 20.6 Å². The molecule has 0 radical (unpaired) electrons. The summed E-state index contributed by atoms with van der Waals surface area (Å²) in [5, 5.41) is 2.94. The number of aliphatic imine (C=N–C) groups is 1. The number of nitrogens with zero attached hydrogens (tertiary/aromatic N) is 2. The summed E-state index contributed by atoms with van der Waals surface area (Å²) in [7, 11) is 3.47. The van der Waals surface area contributed by atoms with Gasteiger partial charge in [0.25, 0.3) is 0 Å². The van der Waals surface area contributed by atoms with Gasteiger partial charge in [0.15, 0.2) is 5.96 Å². The van der Waals surface area contributed by atoms with Crippen molar-refractivity contribution >= 4 is 5.96 Å². The zero-order valence-electron chi connectivity index (χ0n) is 11.6.